The van der Waals surface area contributed by atoms with Gasteiger partial charge in [-0.3, -0.25) is 0 Å². The molecule has 1 heterocycles. The number of rotatable bonds is 9. The minimum absolute atomic E-state index is 0.169. The molecule has 0 saturated carbocycles. The van der Waals surface area contributed by atoms with Gasteiger partial charge in [-0.05, 0) is 37.5 Å². The maximum atomic E-state index is 5.79. The molecule has 0 spiro atoms. The fourth-order valence-electron chi connectivity index (χ4n) is 2.08. The molecule has 132 valence electrons. The van der Waals surface area contributed by atoms with Gasteiger partial charge in [-0.25, -0.2) is 4.98 Å². The highest BCUT2D eigenvalue weighted by molar-refractivity contribution is 5.46. The first-order valence-corrected chi connectivity index (χ1v) is 8.18. The molecule has 0 aromatic carbocycles. The van der Waals surface area contributed by atoms with E-state index in [4.69, 9.17) is 11.5 Å². The van der Waals surface area contributed by atoms with E-state index in [9.17, 15) is 0 Å². The molecule has 1 atom stereocenters. The molecule has 1 aromatic heterocycles. The van der Waals surface area contributed by atoms with Crippen LogP contribution in [0.25, 0.3) is 0 Å². The summed E-state index contributed by atoms with van der Waals surface area (Å²) in [7, 11) is 0. The highest BCUT2D eigenvalue weighted by Crippen LogP contribution is 2.14. The number of nitrogens with zero attached hydrogens (tertiary/aromatic N) is 2. The van der Waals surface area contributed by atoms with Gasteiger partial charge >= 0.3 is 0 Å². The number of allylic oxidation sites excluding steroid dienone is 3. The lowest BCUT2D eigenvalue weighted by Crippen LogP contribution is -2.34. The third-order valence-electron chi connectivity index (χ3n) is 3.76. The zero-order valence-corrected chi connectivity index (χ0v) is 15.1. The zero-order chi connectivity index (χ0) is 18.1. The third-order valence-corrected chi connectivity index (χ3v) is 3.76. The monoisotopic (exact) mass is 330 g/mol. The van der Waals surface area contributed by atoms with Gasteiger partial charge in [-0.15, -0.1) is 0 Å². The molecule has 0 aliphatic rings. The van der Waals surface area contributed by atoms with Crippen LogP contribution in [0.4, 0.5) is 11.8 Å². The highest BCUT2D eigenvalue weighted by Gasteiger charge is 2.12. The van der Waals surface area contributed by atoms with Crippen LogP contribution in [0.15, 0.2) is 47.8 Å². The first kappa shape index (κ1) is 19.9. The van der Waals surface area contributed by atoms with Crippen molar-refractivity contribution in [2.75, 3.05) is 23.7 Å². The van der Waals surface area contributed by atoms with Crippen LogP contribution in [-0.2, 0) is 0 Å². The maximum Gasteiger partial charge on any atom is 0.229 e. The summed E-state index contributed by atoms with van der Waals surface area (Å²) in [5, 5.41) is 6.44. The quantitative estimate of drug-likeness (QED) is 0.519. The lowest BCUT2D eigenvalue weighted by molar-refractivity contribution is 0.530. The molecule has 0 amide bonds. The van der Waals surface area contributed by atoms with Crippen molar-refractivity contribution in [1.29, 1.82) is 0 Å². The molecular formula is C18H30N6. The van der Waals surface area contributed by atoms with Crippen molar-refractivity contribution in [1.82, 2.24) is 9.97 Å². The van der Waals surface area contributed by atoms with Crippen LogP contribution in [0.1, 0.15) is 27.7 Å². The number of nitrogens with two attached hydrogens (primary N) is 2. The molecule has 0 saturated heterocycles. The van der Waals surface area contributed by atoms with Crippen LogP contribution >= 0.6 is 0 Å². The molecule has 1 rings (SSSR count). The van der Waals surface area contributed by atoms with Crippen molar-refractivity contribution in [2.24, 2.45) is 17.4 Å². The zero-order valence-electron chi connectivity index (χ0n) is 15.1. The molecular weight excluding hydrogens is 300 g/mol. The molecule has 0 fully saturated rings. The largest absolute Gasteiger partial charge is 0.366 e. The Bertz CT molecular complexity index is 603. The van der Waals surface area contributed by atoms with Crippen LogP contribution in [0, 0.1) is 5.92 Å². The molecule has 0 aliphatic heterocycles. The Morgan fingerprint density at radius 3 is 2.58 bits per heavy atom. The van der Waals surface area contributed by atoms with Crippen molar-refractivity contribution >= 4 is 11.8 Å². The van der Waals surface area contributed by atoms with Gasteiger partial charge < -0.3 is 22.1 Å². The van der Waals surface area contributed by atoms with Crippen LogP contribution in [0.2, 0.25) is 0 Å². The molecule has 6 nitrogen and oxygen atoms in total. The van der Waals surface area contributed by atoms with E-state index in [0.29, 0.717) is 30.7 Å². The van der Waals surface area contributed by atoms with E-state index in [1.54, 1.807) is 6.20 Å². The van der Waals surface area contributed by atoms with E-state index >= 15 is 0 Å². The summed E-state index contributed by atoms with van der Waals surface area (Å²) in [6.07, 6.45) is 5.62. The normalized spacial score (nSPS) is 13.8. The number of anilines is 2. The molecule has 6 heteroatoms. The first-order valence-electron chi connectivity index (χ1n) is 8.18. The molecule has 6 N–H and O–H groups in total. The molecule has 0 radical (unpaired) electrons. The fourth-order valence-corrected chi connectivity index (χ4v) is 2.08. The molecule has 0 unspecified atom stereocenters. The topological polar surface area (TPSA) is 102 Å². The van der Waals surface area contributed by atoms with E-state index in [-0.39, 0.29) is 6.04 Å². The summed E-state index contributed by atoms with van der Waals surface area (Å²) in [5.41, 5.74) is 14.3. The van der Waals surface area contributed by atoms with Crippen molar-refractivity contribution in [3.8, 4) is 0 Å². The Morgan fingerprint density at radius 2 is 2.00 bits per heavy atom. The van der Waals surface area contributed by atoms with Crippen LogP contribution in [-0.4, -0.2) is 29.1 Å². The summed E-state index contributed by atoms with van der Waals surface area (Å²) < 4.78 is 0. The van der Waals surface area contributed by atoms with Crippen LogP contribution < -0.4 is 22.1 Å². The predicted octanol–water partition coefficient (Wildman–Crippen LogP) is 2.65. The number of aromatic nitrogens is 2. The summed E-state index contributed by atoms with van der Waals surface area (Å²) in [5.74, 6) is 1.65. The van der Waals surface area contributed by atoms with Gasteiger partial charge in [0.25, 0.3) is 0 Å². The Hall–Kier alpha value is -2.18. The fraction of sp³-hybridized carbons (Fsp3) is 0.444. The summed E-state index contributed by atoms with van der Waals surface area (Å²) in [4.78, 5) is 8.69. The standard InChI is InChI=1S/C18H30N6/c1-12(2)16(11-20)23-17-7-9-21-18(24-17)22-15(5)10-14(4)13(3)6-8-19/h6-7,9-10,12,16H,5,8,11,19-20H2,1-4H3,(H2,21,22,23,24)/b13-6-,14-10-/t16-/m1/s1. The maximum absolute atomic E-state index is 5.79. The second kappa shape index (κ2) is 9.85. The lowest BCUT2D eigenvalue weighted by atomic mass is 10.1. The van der Waals surface area contributed by atoms with Gasteiger partial charge in [0.05, 0.1) is 0 Å². The summed E-state index contributed by atoms with van der Waals surface area (Å²) in [6, 6.07) is 2.00. The Kier molecular flexibility index (Phi) is 8.15. The van der Waals surface area contributed by atoms with E-state index < -0.39 is 0 Å². The SMILES string of the molecule is C=C(/C=C(C)\C(C)=C/CN)Nc1nccc(N[C@H](CN)C(C)C)n1. The molecule has 0 bridgehead atoms. The summed E-state index contributed by atoms with van der Waals surface area (Å²) >= 11 is 0. The Balaban J connectivity index is 2.79. The second-order valence-corrected chi connectivity index (χ2v) is 6.10. The van der Waals surface area contributed by atoms with Crippen LogP contribution in [0.5, 0.6) is 0 Å². The van der Waals surface area contributed by atoms with Gasteiger partial charge in [0.1, 0.15) is 5.82 Å². The van der Waals surface area contributed by atoms with Gasteiger partial charge in [-0.1, -0.05) is 32.1 Å². The van der Waals surface area contributed by atoms with Crippen molar-refractivity contribution < 1.29 is 0 Å². The second-order valence-electron chi connectivity index (χ2n) is 6.10. The van der Waals surface area contributed by atoms with Crippen molar-refractivity contribution in [3.05, 3.63) is 47.8 Å². The molecule has 1 aromatic rings. The van der Waals surface area contributed by atoms with E-state index in [0.717, 1.165) is 17.0 Å². The Labute approximate surface area is 145 Å². The van der Waals surface area contributed by atoms with E-state index in [1.165, 1.54) is 0 Å². The Morgan fingerprint density at radius 1 is 1.29 bits per heavy atom. The minimum Gasteiger partial charge on any atom is -0.366 e. The van der Waals surface area contributed by atoms with Gasteiger partial charge in [0.2, 0.25) is 5.95 Å². The van der Waals surface area contributed by atoms with Crippen LogP contribution in [0.3, 0.4) is 0 Å². The average molecular weight is 330 g/mol. The van der Waals surface area contributed by atoms with Crippen molar-refractivity contribution in [3.63, 3.8) is 0 Å². The minimum atomic E-state index is 0.169. The third kappa shape index (κ3) is 6.52. The predicted molar refractivity (Wildman–Crippen MR) is 103 cm³/mol. The van der Waals surface area contributed by atoms with E-state index in [1.807, 2.05) is 32.1 Å². The number of hydrogen-bond donors (Lipinski definition) is 4. The van der Waals surface area contributed by atoms with Gasteiger partial charge in [-0.2, -0.15) is 4.98 Å². The molecule has 24 heavy (non-hydrogen) atoms. The van der Waals surface area contributed by atoms with Crippen molar-refractivity contribution in [2.45, 2.75) is 33.7 Å². The van der Waals surface area contributed by atoms with E-state index in [2.05, 4.69) is 41.0 Å². The number of nitrogens with one attached hydrogen (secondary N) is 2. The highest BCUT2D eigenvalue weighted by atomic mass is 15.1. The van der Waals surface area contributed by atoms with Gasteiger partial charge in [0, 0.05) is 31.0 Å². The van der Waals surface area contributed by atoms with Gasteiger partial charge in [0.15, 0.2) is 0 Å². The first-order chi connectivity index (χ1) is 11.4. The molecule has 0 aliphatic carbocycles. The lowest BCUT2D eigenvalue weighted by Gasteiger charge is -2.21. The average Bonchev–Trinajstić information content (AvgIpc) is 2.52. The number of hydrogen-bond acceptors (Lipinski definition) is 6. The summed E-state index contributed by atoms with van der Waals surface area (Å²) in [6.45, 7) is 13.3. The smallest absolute Gasteiger partial charge is 0.229 e.